The first kappa shape index (κ1) is 24.3. The molecule has 1 aromatic carbocycles. The third kappa shape index (κ3) is 4.58. The van der Waals surface area contributed by atoms with Crippen molar-refractivity contribution in [3.05, 3.63) is 41.1 Å². The van der Waals surface area contributed by atoms with E-state index < -0.39 is 0 Å². The summed E-state index contributed by atoms with van der Waals surface area (Å²) in [5.41, 5.74) is 2.71. The molecule has 0 saturated carbocycles. The van der Waals surface area contributed by atoms with Crippen molar-refractivity contribution in [2.75, 3.05) is 49.6 Å². The number of nitrogens with zero attached hydrogens (tertiary/aromatic N) is 6. The predicted molar refractivity (Wildman–Crippen MR) is 139 cm³/mol. The van der Waals surface area contributed by atoms with Gasteiger partial charge in [-0.05, 0) is 50.8 Å². The molecular formula is C27H36N6O3. The van der Waals surface area contributed by atoms with Gasteiger partial charge < -0.3 is 24.3 Å². The van der Waals surface area contributed by atoms with Gasteiger partial charge in [0.25, 0.3) is 5.91 Å². The highest BCUT2D eigenvalue weighted by Gasteiger charge is 2.38. The maximum atomic E-state index is 13.4. The molecule has 2 aromatic rings. The molecule has 2 fully saturated rings. The first-order valence-electron chi connectivity index (χ1n) is 13.0. The van der Waals surface area contributed by atoms with Gasteiger partial charge in [-0.1, -0.05) is 12.1 Å². The number of anilines is 2. The second kappa shape index (κ2) is 9.95. The van der Waals surface area contributed by atoms with E-state index in [4.69, 9.17) is 14.7 Å². The van der Waals surface area contributed by atoms with Crippen LogP contribution in [-0.2, 0) is 17.8 Å². The number of rotatable bonds is 6. The smallest absolute Gasteiger partial charge is 0.273 e. The van der Waals surface area contributed by atoms with Gasteiger partial charge in [-0.3, -0.25) is 9.59 Å². The molecular weight excluding hydrogens is 456 g/mol. The molecule has 192 valence electrons. The Kier molecular flexibility index (Phi) is 6.73. The Balaban J connectivity index is 1.48. The van der Waals surface area contributed by atoms with E-state index in [0.717, 1.165) is 42.9 Å². The van der Waals surface area contributed by atoms with Crippen LogP contribution in [0, 0.1) is 0 Å². The number of hydrogen-bond acceptors (Lipinski definition) is 7. The van der Waals surface area contributed by atoms with Crippen molar-refractivity contribution in [3.8, 4) is 5.75 Å². The molecule has 9 heteroatoms. The summed E-state index contributed by atoms with van der Waals surface area (Å²) in [7, 11) is 1.69. The van der Waals surface area contributed by atoms with Crippen LogP contribution in [0.15, 0.2) is 24.3 Å². The number of piperazine rings is 1. The van der Waals surface area contributed by atoms with Crippen molar-refractivity contribution < 1.29 is 14.3 Å². The lowest BCUT2D eigenvalue weighted by atomic mass is 10.0. The molecule has 4 heterocycles. The molecule has 0 spiro atoms. The van der Waals surface area contributed by atoms with E-state index in [-0.39, 0.29) is 17.9 Å². The fourth-order valence-corrected chi connectivity index (χ4v) is 5.58. The predicted octanol–water partition coefficient (Wildman–Crippen LogP) is 2.73. The zero-order chi connectivity index (χ0) is 25.4. The lowest BCUT2D eigenvalue weighted by Gasteiger charge is -2.35. The van der Waals surface area contributed by atoms with E-state index in [1.54, 1.807) is 14.0 Å². The first-order chi connectivity index (χ1) is 17.4. The van der Waals surface area contributed by atoms with Crippen molar-refractivity contribution in [2.45, 2.75) is 58.7 Å². The highest BCUT2D eigenvalue weighted by atomic mass is 16.5. The minimum atomic E-state index is -0.0178. The van der Waals surface area contributed by atoms with Crippen molar-refractivity contribution in [2.24, 2.45) is 0 Å². The number of amides is 2. The molecule has 36 heavy (non-hydrogen) atoms. The van der Waals surface area contributed by atoms with Crippen LogP contribution >= 0.6 is 0 Å². The topological polar surface area (TPSA) is 82.1 Å². The average Bonchev–Trinajstić information content (AvgIpc) is 3.48. The third-order valence-electron chi connectivity index (χ3n) is 7.65. The van der Waals surface area contributed by atoms with Gasteiger partial charge in [-0.15, -0.1) is 0 Å². The number of carbonyl (C=O) groups is 2. The number of hydrogen-bond donors (Lipinski definition) is 0. The standard InChI is InChI=1S/C27H36N6O3/c1-18(2)33-17-23-24(26(33)35)28-27(31-13-11-30(12-14-31)19(3)34)29-25(23)32-10-6-8-21(32)15-20-7-5-9-22(16-20)36-4/h5,7,9,16,18,21H,6,8,10-15,17H2,1-4H3. The highest BCUT2D eigenvalue weighted by Crippen LogP contribution is 2.36. The summed E-state index contributed by atoms with van der Waals surface area (Å²) in [6.45, 7) is 9.74. The number of ether oxygens (including phenoxy) is 1. The van der Waals surface area contributed by atoms with Crippen LogP contribution in [0.25, 0.3) is 0 Å². The lowest BCUT2D eigenvalue weighted by Crippen LogP contribution is -2.48. The Morgan fingerprint density at radius 2 is 1.92 bits per heavy atom. The minimum absolute atomic E-state index is 0.0178. The molecule has 9 nitrogen and oxygen atoms in total. The summed E-state index contributed by atoms with van der Waals surface area (Å²) < 4.78 is 5.44. The van der Waals surface area contributed by atoms with Crippen molar-refractivity contribution in [1.29, 1.82) is 0 Å². The van der Waals surface area contributed by atoms with Crippen molar-refractivity contribution in [3.63, 3.8) is 0 Å². The Labute approximate surface area is 213 Å². The van der Waals surface area contributed by atoms with E-state index >= 15 is 0 Å². The molecule has 3 aliphatic rings. The third-order valence-corrected chi connectivity index (χ3v) is 7.65. The summed E-state index contributed by atoms with van der Waals surface area (Å²) in [5, 5.41) is 0. The van der Waals surface area contributed by atoms with E-state index in [2.05, 4.69) is 21.9 Å². The van der Waals surface area contributed by atoms with Gasteiger partial charge in [0.1, 0.15) is 17.3 Å². The van der Waals surface area contributed by atoms with Gasteiger partial charge in [0.15, 0.2) is 0 Å². The van der Waals surface area contributed by atoms with E-state index in [1.165, 1.54) is 5.56 Å². The van der Waals surface area contributed by atoms with Crippen LogP contribution in [-0.4, -0.2) is 83.5 Å². The molecule has 0 radical (unpaired) electrons. The van der Waals surface area contributed by atoms with Crippen LogP contribution in [0.3, 0.4) is 0 Å². The minimum Gasteiger partial charge on any atom is -0.497 e. The number of fused-ring (bicyclic) bond motifs is 1. The number of aromatic nitrogens is 2. The summed E-state index contributed by atoms with van der Waals surface area (Å²) in [5.74, 6) is 2.43. The molecule has 1 atom stereocenters. The molecule has 0 aliphatic carbocycles. The summed E-state index contributed by atoms with van der Waals surface area (Å²) >= 11 is 0. The number of carbonyl (C=O) groups excluding carboxylic acids is 2. The maximum Gasteiger partial charge on any atom is 0.273 e. The fraction of sp³-hybridized carbons (Fsp3) is 0.556. The van der Waals surface area contributed by atoms with Gasteiger partial charge in [0.05, 0.1) is 13.7 Å². The van der Waals surface area contributed by atoms with Gasteiger partial charge in [-0.2, -0.15) is 4.98 Å². The van der Waals surface area contributed by atoms with E-state index in [0.29, 0.717) is 50.4 Å². The molecule has 5 rings (SSSR count). The second-order valence-corrected chi connectivity index (χ2v) is 10.2. The van der Waals surface area contributed by atoms with Crippen LogP contribution in [0.1, 0.15) is 55.2 Å². The Morgan fingerprint density at radius 1 is 1.14 bits per heavy atom. The van der Waals surface area contributed by atoms with Crippen LogP contribution in [0.2, 0.25) is 0 Å². The van der Waals surface area contributed by atoms with Crippen LogP contribution in [0.4, 0.5) is 11.8 Å². The molecule has 0 N–H and O–H groups in total. The zero-order valence-electron chi connectivity index (χ0n) is 21.7. The summed E-state index contributed by atoms with van der Waals surface area (Å²) in [6.07, 6.45) is 3.05. The molecule has 1 aromatic heterocycles. The number of methoxy groups -OCH3 is 1. The van der Waals surface area contributed by atoms with E-state index in [9.17, 15) is 9.59 Å². The van der Waals surface area contributed by atoms with Crippen molar-refractivity contribution in [1.82, 2.24) is 19.8 Å². The maximum absolute atomic E-state index is 13.4. The van der Waals surface area contributed by atoms with Crippen LogP contribution in [0.5, 0.6) is 5.75 Å². The molecule has 2 saturated heterocycles. The van der Waals surface area contributed by atoms with Gasteiger partial charge in [-0.25, -0.2) is 4.98 Å². The lowest BCUT2D eigenvalue weighted by molar-refractivity contribution is -0.129. The fourth-order valence-electron chi connectivity index (χ4n) is 5.58. The second-order valence-electron chi connectivity index (χ2n) is 10.2. The van der Waals surface area contributed by atoms with Gasteiger partial charge in [0.2, 0.25) is 11.9 Å². The monoisotopic (exact) mass is 492 g/mol. The first-order valence-corrected chi connectivity index (χ1v) is 13.0. The Bertz CT molecular complexity index is 1140. The van der Waals surface area contributed by atoms with Gasteiger partial charge in [0, 0.05) is 57.3 Å². The average molecular weight is 493 g/mol. The number of benzene rings is 1. The molecule has 2 amide bonds. The normalized spacial score (nSPS) is 19.9. The summed E-state index contributed by atoms with van der Waals surface area (Å²) in [4.78, 5) is 43.3. The SMILES string of the molecule is COc1cccc(CC2CCCN2c2nc(N3CCN(C(C)=O)CC3)nc3c2CN(C(C)C)C3=O)c1. The summed E-state index contributed by atoms with van der Waals surface area (Å²) in [6, 6.07) is 8.64. The highest BCUT2D eigenvalue weighted by molar-refractivity contribution is 5.98. The zero-order valence-corrected chi connectivity index (χ0v) is 21.7. The molecule has 3 aliphatic heterocycles. The Hall–Kier alpha value is -3.36. The van der Waals surface area contributed by atoms with Crippen molar-refractivity contribution >= 4 is 23.6 Å². The van der Waals surface area contributed by atoms with Gasteiger partial charge >= 0.3 is 0 Å². The van der Waals surface area contributed by atoms with Crippen LogP contribution < -0.4 is 14.5 Å². The Morgan fingerprint density at radius 3 is 2.61 bits per heavy atom. The quantitative estimate of drug-likeness (QED) is 0.613. The largest absolute Gasteiger partial charge is 0.497 e. The molecule has 1 unspecified atom stereocenters. The molecule has 0 bridgehead atoms. The van der Waals surface area contributed by atoms with E-state index in [1.807, 2.05) is 35.8 Å².